The Balaban J connectivity index is 1.97. The highest BCUT2D eigenvalue weighted by Gasteiger charge is 2.40. The zero-order valence-electron chi connectivity index (χ0n) is 19.3. The fourth-order valence-electron chi connectivity index (χ4n) is 4.70. The van der Waals surface area contributed by atoms with E-state index in [-0.39, 0.29) is 23.1 Å². The van der Waals surface area contributed by atoms with Gasteiger partial charge in [0.2, 0.25) is 5.88 Å². The summed E-state index contributed by atoms with van der Waals surface area (Å²) in [5.41, 5.74) is 7.90. The van der Waals surface area contributed by atoms with Gasteiger partial charge in [-0.15, -0.1) is 0 Å². The van der Waals surface area contributed by atoms with Gasteiger partial charge < -0.3 is 29.2 Å². The highest BCUT2D eigenvalue weighted by Crippen LogP contribution is 2.44. The Bertz CT molecular complexity index is 1130. The van der Waals surface area contributed by atoms with E-state index >= 15 is 0 Å². The first-order valence-corrected chi connectivity index (χ1v) is 11.3. The number of aryl methyl sites for hydroxylation is 1. The molecule has 1 saturated heterocycles. The molecule has 0 bridgehead atoms. The van der Waals surface area contributed by atoms with Crippen LogP contribution in [-0.2, 0) is 27.2 Å². The number of hydrogen-bond acceptors (Lipinski definition) is 7. The average Bonchev–Trinajstić information content (AvgIpc) is 3.33. The number of aromatic nitrogens is 1. The van der Waals surface area contributed by atoms with Crippen LogP contribution in [0.2, 0.25) is 0 Å². The predicted octanol–water partition coefficient (Wildman–Crippen LogP) is 2.86. The van der Waals surface area contributed by atoms with Crippen molar-refractivity contribution in [1.29, 1.82) is 0 Å². The van der Waals surface area contributed by atoms with Crippen molar-refractivity contribution in [2.24, 2.45) is 5.73 Å². The molecule has 2 atom stereocenters. The molecule has 2 aliphatic heterocycles. The lowest BCUT2D eigenvalue weighted by Gasteiger charge is -2.30. The van der Waals surface area contributed by atoms with Gasteiger partial charge in [0, 0.05) is 23.9 Å². The van der Waals surface area contributed by atoms with Crippen LogP contribution in [0, 0.1) is 0 Å². The van der Waals surface area contributed by atoms with Crippen LogP contribution < -0.4 is 20.8 Å². The summed E-state index contributed by atoms with van der Waals surface area (Å²) in [6.07, 6.45) is 3.42. The van der Waals surface area contributed by atoms with E-state index in [1.165, 1.54) is 7.11 Å². The predicted molar refractivity (Wildman–Crippen MR) is 122 cm³/mol. The van der Waals surface area contributed by atoms with E-state index in [0.29, 0.717) is 42.2 Å². The summed E-state index contributed by atoms with van der Waals surface area (Å²) in [4.78, 5) is 26.8. The van der Waals surface area contributed by atoms with Crippen molar-refractivity contribution in [3.8, 4) is 11.5 Å². The number of rotatable bonds is 7. The fourth-order valence-corrected chi connectivity index (χ4v) is 4.70. The van der Waals surface area contributed by atoms with Crippen molar-refractivity contribution >= 4 is 5.97 Å². The van der Waals surface area contributed by atoms with E-state index in [1.54, 1.807) is 17.7 Å². The van der Waals surface area contributed by atoms with Crippen LogP contribution in [0.1, 0.15) is 48.9 Å². The van der Waals surface area contributed by atoms with Gasteiger partial charge in [-0.3, -0.25) is 4.79 Å². The first-order valence-electron chi connectivity index (χ1n) is 11.3. The van der Waals surface area contributed by atoms with Gasteiger partial charge in [-0.05, 0) is 25.3 Å². The van der Waals surface area contributed by atoms with E-state index in [1.807, 2.05) is 24.3 Å². The molecule has 0 amide bonds. The van der Waals surface area contributed by atoms with Crippen molar-refractivity contribution in [3.05, 3.63) is 69.0 Å². The quantitative estimate of drug-likeness (QED) is 0.642. The summed E-state index contributed by atoms with van der Waals surface area (Å²) in [5, 5.41) is 0. The number of carbonyl (C=O) groups excluding carboxylic acids is 1. The monoisotopic (exact) mass is 454 g/mol. The molecule has 1 aromatic heterocycles. The molecule has 8 heteroatoms. The minimum absolute atomic E-state index is 0.0220. The topological polar surface area (TPSA) is 102 Å². The molecule has 176 valence electrons. The van der Waals surface area contributed by atoms with Gasteiger partial charge in [0.05, 0.1) is 38.3 Å². The Morgan fingerprint density at radius 1 is 1.27 bits per heavy atom. The Morgan fingerprint density at radius 2 is 2.06 bits per heavy atom. The zero-order chi connectivity index (χ0) is 23.5. The lowest BCUT2D eigenvalue weighted by molar-refractivity contribution is -0.136. The zero-order valence-corrected chi connectivity index (χ0v) is 19.3. The number of nitrogens with zero attached hydrogens (tertiary/aromatic N) is 1. The Labute approximate surface area is 192 Å². The molecule has 4 rings (SSSR count). The number of ether oxygens (including phenoxy) is 4. The molecule has 2 aromatic rings. The third-order valence-corrected chi connectivity index (χ3v) is 6.22. The van der Waals surface area contributed by atoms with Crippen LogP contribution in [0.25, 0.3) is 0 Å². The Hall–Kier alpha value is -3.26. The molecular weight excluding hydrogens is 424 g/mol. The standard InChI is InChI=1S/C25H30N2O6/c1-4-8-15-13-19-21(24(28)27(15)14-16-9-7-12-32-16)20(17-10-5-6-11-18(17)30-2)22(23(26)33-19)25(29)31-3/h5-6,10-11,13,16,20H,4,7-9,12,14,26H2,1-3H3. The second kappa shape index (κ2) is 9.70. The number of benzene rings is 1. The van der Waals surface area contributed by atoms with Gasteiger partial charge in [0.25, 0.3) is 5.56 Å². The Kier molecular flexibility index (Phi) is 6.74. The maximum atomic E-state index is 14.0. The highest BCUT2D eigenvalue weighted by molar-refractivity contribution is 5.92. The van der Waals surface area contributed by atoms with E-state index in [4.69, 9.17) is 24.7 Å². The maximum absolute atomic E-state index is 14.0. The van der Waals surface area contributed by atoms with Crippen molar-refractivity contribution in [2.45, 2.75) is 51.2 Å². The molecule has 0 aliphatic carbocycles. The van der Waals surface area contributed by atoms with E-state index < -0.39 is 11.9 Å². The van der Waals surface area contributed by atoms with Crippen molar-refractivity contribution in [2.75, 3.05) is 20.8 Å². The number of methoxy groups -OCH3 is 2. The molecule has 8 nitrogen and oxygen atoms in total. The Morgan fingerprint density at radius 3 is 2.73 bits per heavy atom. The minimum Gasteiger partial charge on any atom is -0.496 e. The van der Waals surface area contributed by atoms with Crippen molar-refractivity contribution in [1.82, 2.24) is 4.57 Å². The van der Waals surface area contributed by atoms with Crippen LogP contribution in [0.4, 0.5) is 0 Å². The van der Waals surface area contributed by atoms with Crippen LogP contribution in [0.15, 0.2) is 46.6 Å². The van der Waals surface area contributed by atoms with Gasteiger partial charge in [-0.1, -0.05) is 31.5 Å². The SMILES string of the molecule is CCCc1cc2c(c(=O)n1CC1CCCO1)C(c1ccccc1OC)C(C(=O)OC)=C(N)O2. The van der Waals surface area contributed by atoms with Gasteiger partial charge in [-0.25, -0.2) is 4.79 Å². The molecule has 1 fully saturated rings. The normalized spacial score (nSPS) is 19.7. The lowest BCUT2D eigenvalue weighted by Crippen LogP contribution is -2.37. The number of para-hydroxylation sites is 1. The minimum atomic E-state index is -0.795. The summed E-state index contributed by atoms with van der Waals surface area (Å²) >= 11 is 0. The molecular formula is C25H30N2O6. The first-order chi connectivity index (χ1) is 16.0. The molecule has 0 radical (unpaired) electrons. The van der Waals surface area contributed by atoms with Crippen LogP contribution in [-0.4, -0.2) is 37.5 Å². The largest absolute Gasteiger partial charge is 0.496 e. The lowest BCUT2D eigenvalue weighted by atomic mass is 9.82. The number of fused-ring (bicyclic) bond motifs is 1. The van der Waals surface area contributed by atoms with Crippen LogP contribution in [0.3, 0.4) is 0 Å². The number of pyridine rings is 1. The molecule has 2 N–H and O–H groups in total. The smallest absolute Gasteiger partial charge is 0.340 e. The van der Waals surface area contributed by atoms with Gasteiger partial charge in [0.15, 0.2) is 0 Å². The first kappa shape index (κ1) is 22.9. The van der Waals surface area contributed by atoms with E-state index in [9.17, 15) is 9.59 Å². The number of esters is 1. The van der Waals surface area contributed by atoms with Gasteiger partial charge >= 0.3 is 5.97 Å². The number of hydrogen-bond donors (Lipinski definition) is 1. The molecule has 33 heavy (non-hydrogen) atoms. The van der Waals surface area contributed by atoms with Gasteiger partial charge in [-0.2, -0.15) is 0 Å². The molecule has 2 unspecified atom stereocenters. The summed E-state index contributed by atoms with van der Waals surface area (Å²) in [6.45, 7) is 3.21. The fraction of sp³-hybridized carbons (Fsp3) is 0.440. The molecule has 2 aliphatic rings. The molecule has 0 saturated carbocycles. The average molecular weight is 455 g/mol. The third kappa shape index (κ3) is 4.23. The second-order valence-corrected chi connectivity index (χ2v) is 8.26. The molecule has 3 heterocycles. The molecule has 0 spiro atoms. The summed E-state index contributed by atoms with van der Waals surface area (Å²) in [5.74, 6) is -0.641. The van der Waals surface area contributed by atoms with Crippen molar-refractivity contribution < 1.29 is 23.7 Å². The van der Waals surface area contributed by atoms with E-state index in [2.05, 4.69) is 6.92 Å². The summed E-state index contributed by atoms with van der Waals surface area (Å²) in [6, 6.07) is 9.12. The van der Waals surface area contributed by atoms with Crippen molar-refractivity contribution in [3.63, 3.8) is 0 Å². The van der Waals surface area contributed by atoms with Gasteiger partial charge in [0.1, 0.15) is 17.1 Å². The van der Waals surface area contributed by atoms with E-state index in [0.717, 1.165) is 25.0 Å². The summed E-state index contributed by atoms with van der Waals surface area (Å²) < 4.78 is 24.0. The number of carbonyl (C=O) groups is 1. The highest BCUT2D eigenvalue weighted by atomic mass is 16.5. The van der Waals surface area contributed by atoms with Crippen LogP contribution >= 0.6 is 0 Å². The second-order valence-electron chi connectivity index (χ2n) is 8.26. The third-order valence-electron chi connectivity index (χ3n) is 6.22. The summed E-state index contributed by atoms with van der Waals surface area (Å²) in [7, 11) is 2.82. The van der Waals surface area contributed by atoms with Crippen LogP contribution in [0.5, 0.6) is 11.5 Å². The maximum Gasteiger partial charge on any atom is 0.340 e. The number of nitrogens with two attached hydrogens (primary N) is 1. The molecule has 1 aromatic carbocycles.